The Morgan fingerprint density at radius 3 is 2.30 bits per heavy atom. The molecule has 5 rings (SSSR count). The number of benzene rings is 2. The van der Waals surface area contributed by atoms with Gasteiger partial charge in [0.2, 0.25) is 10.0 Å². The molecule has 2 aliphatic heterocycles. The van der Waals surface area contributed by atoms with Crippen LogP contribution in [0.15, 0.2) is 59.5 Å². The number of ether oxygens (including phenoxy) is 2. The number of hydrogen-bond donors (Lipinski definition) is 0. The Bertz CT molecular complexity index is 1280. The molecule has 1 fully saturated rings. The van der Waals surface area contributed by atoms with Gasteiger partial charge in [-0.2, -0.15) is 4.31 Å². The highest BCUT2D eigenvalue weighted by Gasteiger charge is 2.31. The summed E-state index contributed by atoms with van der Waals surface area (Å²) in [4.78, 5) is 16.2. The van der Waals surface area contributed by atoms with Gasteiger partial charge in [0.25, 0.3) is 5.91 Å². The van der Waals surface area contributed by atoms with E-state index in [0.717, 1.165) is 10.4 Å². The average molecular weight is 489 g/mol. The summed E-state index contributed by atoms with van der Waals surface area (Å²) < 4.78 is 51.7. The second kappa shape index (κ2) is 8.77. The molecular weight excluding hydrogens is 467 g/mol. The number of halogens is 1. The monoisotopic (exact) mass is 488 g/mol. The van der Waals surface area contributed by atoms with Gasteiger partial charge in [-0.25, -0.2) is 12.8 Å². The van der Waals surface area contributed by atoms with E-state index >= 15 is 0 Å². The van der Waals surface area contributed by atoms with Crippen molar-refractivity contribution in [3.8, 4) is 21.9 Å². The molecule has 0 N–H and O–H groups in total. The zero-order valence-electron chi connectivity index (χ0n) is 17.6. The van der Waals surface area contributed by atoms with E-state index in [0.29, 0.717) is 42.7 Å². The third-order valence-electron chi connectivity index (χ3n) is 5.62. The van der Waals surface area contributed by atoms with E-state index in [1.807, 2.05) is 6.07 Å². The van der Waals surface area contributed by atoms with Crippen LogP contribution in [0.3, 0.4) is 0 Å². The number of amides is 1. The van der Waals surface area contributed by atoms with Crippen LogP contribution in [0, 0.1) is 5.82 Å². The van der Waals surface area contributed by atoms with E-state index < -0.39 is 10.0 Å². The molecule has 1 saturated heterocycles. The predicted octanol–water partition coefficient (Wildman–Crippen LogP) is 3.47. The number of rotatable bonds is 4. The average Bonchev–Trinajstić information content (AvgIpc) is 3.34. The Kier molecular flexibility index (Phi) is 5.81. The summed E-state index contributed by atoms with van der Waals surface area (Å²) >= 11 is 1.34. The number of carbonyl (C=O) groups excluding carboxylic acids is 1. The lowest BCUT2D eigenvalue weighted by molar-refractivity contribution is 0.0703. The molecule has 3 heterocycles. The molecule has 0 spiro atoms. The molecule has 7 nitrogen and oxygen atoms in total. The van der Waals surface area contributed by atoms with E-state index in [2.05, 4.69) is 0 Å². The van der Waals surface area contributed by atoms with Crippen molar-refractivity contribution < 1.29 is 27.1 Å². The first kappa shape index (κ1) is 21.9. The molecule has 0 aliphatic carbocycles. The Hall–Kier alpha value is -2.95. The van der Waals surface area contributed by atoms with Gasteiger partial charge in [0.1, 0.15) is 19.0 Å². The van der Waals surface area contributed by atoms with Gasteiger partial charge in [-0.05, 0) is 42.0 Å². The van der Waals surface area contributed by atoms with Gasteiger partial charge in [-0.3, -0.25) is 4.79 Å². The van der Waals surface area contributed by atoms with Crippen LogP contribution in [0.1, 0.15) is 9.67 Å². The molecule has 2 aliphatic rings. The Labute approximate surface area is 195 Å². The third kappa shape index (κ3) is 4.33. The van der Waals surface area contributed by atoms with Gasteiger partial charge >= 0.3 is 0 Å². The minimum Gasteiger partial charge on any atom is -0.486 e. The summed E-state index contributed by atoms with van der Waals surface area (Å²) in [6.45, 7) is 1.82. The lowest BCUT2D eigenvalue weighted by Gasteiger charge is -2.34. The fraction of sp³-hybridized carbons (Fsp3) is 0.261. The van der Waals surface area contributed by atoms with Crippen molar-refractivity contribution >= 4 is 27.3 Å². The van der Waals surface area contributed by atoms with Crippen LogP contribution in [-0.2, 0) is 10.0 Å². The smallest absolute Gasteiger partial charge is 0.264 e. The normalized spacial score (nSPS) is 16.6. The molecule has 0 bridgehead atoms. The number of fused-ring (bicyclic) bond motifs is 1. The summed E-state index contributed by atoms with van der Waals surface area (Å²) in [5.41, 5.74) is 0.843. The van der Waals surface area contributed by atoms with Gasteiger partial charge in [-0.15, -0.1) is 11.3 Å². The standard InChI is InChI=1S/C23H21FN2O5S2/c24-17-3-1-16(2-4-17)21-7-8-22(32-21)23(27)25-9-11-26(12-10-25)33(28,29)18-5-6-19-20(15-18)31-14-13-30-19/h1-8,15H,9-14H2. The van der Waals surface area contributed by atoms with Crippen LogP contribution in [0.25, 0.3) is 10.4 Å². The molecule has 33 heavy (non-hydrogen) atoms. The maximum absolute atomic E-state index is 13.2. The molecule has 172 valence electrons. The largest absolute Gasteiger partial charge is 0.486 e. The van der Waals surface area contributed by atoms with Crippen molar-refractivity contribution in [2.45, 2.75) is 4.90 Å². The maximum Gasteiger partial charge on any atom is 0.264 e. The summed E-state index contributed by atoms with van der Waals surface area (Å²) in [7, 11) is -3.71. The Balaban J connectivity index is 1.25. The first-order valence-corrected chi connectivity index (χ1v) is 12.7. The van der Waals surface area contributed by atoms with Crippen molar-refractivity contribution in [2.24, 2.45) is 0 Å². The first-order chi connectivity index (χ1) is 15.9. The number of piperazine rings is 1. The lowest BCUT2D eigenvalue weighted by Crippen LogP contribution is -2.50. The van der Waals surface area contributed by atoms with Crippen molar-refractivity contribution in [1.29, 1.82) is 0 Å². The zero-order valence-corrected chi connectivity index (χ0v) is 19.2. The fourth-order valence-electron chi connectivity index (χ4n) is 3.84. The minimum atomic E-state index is -3.71. The lowest BCUT2D eigenvalue weighted by atomic mass is 10.2. The van der Waals surface area contributed by atoms with E-state index in [-0.39, 0.29) is 29.7 Å². The summed E-state index contributed by atoms with van der Waals surface area (Å²) in [6.07, 6.45) is 0. The first-order valence-electron chi connectivity index (χ1n) is 10.5. The van der Waals surface area contributed by atoms with Gasteiger partial charge in [0.15, 0.2) is 11.5 Å². The quantitative estimate of drug-likeness (QED) is 0.562. The van der Waals surface area contributed by atoms with E-state index in [4.69, 9.17) is 9.47 Å². The van der Waals surface area contributed by atoms with Crippen molar-refractivity contribution in [3.63, 3.8) is 0 Å². The van der Waals surface area contributed by atoms with Crippen LogP contribution in [-0.4, -0.2) is 62.9 Å². The summed E-state index contributed by atoms with van der Waals surface area (Å²) in [5.74, 6) is 0.512. The SMILES string of the molecule is O=C(c1ccc(-c2ccc(F)cc2)s1)N1CCN(S(=O)(=O)c2ccc3c(c2)OCCO3)CC1. The molecule has 0 atom stereocenters. The third-order valence-corrected chi connectivity index (χ3v) is 8.64. The molecule has 0 saturated carbocycles. The van der Waals surface area contributed by atoms with E-state index in [1.165, 1.54) is 39.9 Å². The zero-order chi connectivity index (χ0) is 23.0. The number of nitrogens with zero attached hydrogens (tertiary/aromatic N) is 2. The molecule has 0 radical (unpaired) electrons. The highest BCUT2D eigenvalue weighted by molar-refractivity contribution is 7.89. The fourth-order valence-corrected chi connectivity index (χ4v) is 6.26. The molecule has 0 unspecified atom stereocenters. The van der Waals surface area contributed by atoms with Crippen molar-refractivity contribution in [1.82, 2.24) is 9.21 Å². The number of hydrogen-bond acceptors (Lipinski definition) is 6. The van der Waals surface area contributed by atoms with E-state index in [1.54, 1.807) is 29.2 Å². The molecule has 1 aromatic heterocycles. The summed E-state index contributed by atoms with van der Waals surface area (Å²) in [5, 5.41) is 0. The Morgan fingerprint density at radius 1 is 0.879 bits per heavy atom. The predicted molar refractivity (Wildman–Crippen MR) is 122 cm³/mol. The second-order valence-corrected chi connectivity index (χ2v) is 10.7. The van der Waals surface area contributed by atoms with Crippen LogP contribution in [0.2, 0.25) is 0 Å². The maximum atomic E-state index is 13.2. The van der Waals surface area contributed by atoms with Crippen molar-refractivity contribution in [3.05, 3.63) is 65.3 Å². The molecule has 10 heteroatoms. The second-order valence-electron chi connectivity index (χ2n) is 7.67. The van der Waals surface area contributed by atoms with Crippen molar-refractivity contribution in [2.75, 3.05) is 39.4 Å². The Morgan fingerprint density at radius 2 is 1.58 bits per heavy atom. The van der Waals surface area contributed by atoms with Crippen LogP contribution in [0.5, 0.6) is 11.5 Å². The van der Waals surface area contributed by atoms with Crippen LogP contribution in [0.4, 0.5) is 4.39 Å². The van der Waals surface area contributed by atoms with Gasteiger partial charge in [0, 0.05) is 37.1 Å². The van der Waals surface area contributed by atoms with Crippen LogP contribution < -0.4 is 9.47 Å². The minimum absolute atomic E-state index is 0.135. The number of carbonyl (C=O) groups is 1. The van der Waals surface area contributed by atoms with Gasteiger partial charge in [0.05, 0.1) is 9.77 Å². The molecule has 3 aromatic rings. The molecule has 2 aromatic carbocycles. The van der Waals surface area contributed by atoms with E-state index in [9.17, 15) is 17.6 Å². The topological polar surface area (TPSA) is 76.2 Å². The highest BCUT2D eigenvalue weighted by atomic mass is 32.2. The van der Waals surface area contributed by atoms with Gasteiger partial charge in [-0.1, -0.05) is 12.1 Å². The molecular formula is C23H21FN2O5S2. The molecule has 1 amide bonds. The number of sulfonamides is 1. The van der Waals surface area contributed by atoms with Crippen LogP contribution >= 0.6 is 11.3 Å². The number of thiophene rings is 1. The summed E-state index contributed by atoms with van der Waals surface area (Å²) in [6, 6.07) is 14.3. The van der Waals surface area contributed by atoms with Gasteiger partial charge < -0.3 is 14.4 Å². The highest BCUT2D eigenvalue weighted by Crippen LogP contribution is 2.34.